The molecule has 0 aromatic heterocycles. The smallest absolute Gasteiger partial charge is 0.0436 e. The summed E-state index contributed by atoms with van der Waals surface area (Å²) in [7, 11) is -0.757. The van der Waals surface area contributed by atoms with Crippen LogP contribution >= 0.6 is 0 Å². The average molecular weight is 295 g/mol. The molecule has 1 aromatic rings. The van der Waals surface area contributed by atoms with Gasteiger partial charge in [-0.3, -0.25) is 4.21 Å². The van der Waals surface area contributed by atoms with Crippen LogP contribution in [0.2, 0.25) is 0 Å². The molecule has 0 aliphatic heterocycles. The Morgan fingerprint density at radius 1 is 1.15 bits per heavy atom. The molecule has 3 heteroatoms. The summed E-state index contributed by atoms with van der Waals surface area (Å²) in [5.74, 6) is 2.06. The first-order valence-corrected chi connectivity index (χ1v) is 9.12. The first-order valence-electron chi connectivity index (χ1n) is 7.63. The van der Waals surface area contributed by atoms with Crippen molar-refractivity contribution in [3.05, 3.63) is 34.9 Å². The van der Waals surface area contributed by atoms with Crippen molar-refractivity contribution in [2.75, 3.05) is 18.1 Å². The number of hydrogen-bond donors (Lipinski definition) is 1. The van der Waals surface area contributed by atoms with E-state index in [1.165, 1.54) is 16.7 Å². The molecule has 0 fully saturated rings. The van der Waals surface area contributed by atoms with Crippen molar-refractivity contribution >= 4 is 10.8 Å². The lowest BCUT2D eigenvalue weighted by Gasteiger charge is -2.20. The monoisotopic (exact) mass is 295 g/mol. The Bertz CT molecular complexity index is 445. The van der Waals surface area contributed by atoms with Gasteiger partial charge in [0.25, 0.3) is 0 Å². The van der Waals surface area contributed by atoms with Crippen molar-refractivity contribution < 1.29 is 4.21 Å². The first kappa shape index (κ1) is 17.4. The molecule has 0 saturated carbocycles. The topological polar surface area (TPSA) is 29.1 Å². The fourth-order valence-electron chi connectivity index (χ4n) is 2.19. The quantitative estimate of drug-likeness (QED) is 0.791. The summed E-state index contributed by atoms with van der Waals surface area (Å²) in [4.78, 5) is 0. The molecule has 2 nitrogen and oxygen atoms in total. The molecule has 0 heterocycles. The molecule has 0 spiro atoms. The summed E-state index contributed by atoms with van der Waals surface area (Å²) in [6.07, 6.45) is 1.10. The van der Waals surface area contributed by atoms with Crippen molar-refractivity contribution in [1.29, 1.82) is 0 Å². The Hall–Kier alpha value is -0.670. The number of benzene rings is 1. The van der Waals surface area contributed by atoms with Gasteiger partial charge in [-0.05, 0) is 43.0 Å². The molecule has 0 radical (unpaired) electrons. The second-order valence-electron chi connectivity index (χ2n) is 5.74. The first-order chi connectivity index (χ1) is 9.47. The molecule has 0 amide bonds. The Balaban J connectivity index is 2.77. The normalized spacial score (nSPS) is 15.8. The van der Waals surface area contributed by atoms with Gasteiger partial charge in [-0.15, -0.1) is 0 Å². The highest BCUT2D eigenvalue weighted by Gasteiger charge is 2.16. The molecule has 1 N–H and O–H groups in total. The van der Waals surface area contributed by atoms with E-state index in [-0.39, 0.29) is 6.04 Å². The lowest BCUT2D eigenvalue weighted by atomic mass is 10.0. The van der Waals surface area contributed by atoms with E-state index in [9.17, 15) is 4.21 Å². The van der Waals surface area contributed by atoms with Crippen molar-refractivity contribution in [3.8, 4) is 0 Å². The summed E-state index contributed by atoms with van der Waals surface area (Å²) in [5, 5.41) is 3.47. The van der Waals surface area contributed by atoms with E-state index in [0.717, 1.165) is 18.7 Å². The van der Waals surface area contributed by atoms with Gasteiger partial charge in [-0.1, -0.05) is 45.4 Å². The highest BCUT2D eigenvalue weighted by molar-refractivity contribution is 7.85. The summed E-state index contributed by atoms with van der Waals surface area (Å²) in [6.45, 7) is 11.6. The third-order valence-corrected chi connectivity index (χ3v) is 5.55. The van der Waals surface area contributed by atoms with Gasteiger partial charge in [-0.25, -0.2) is 0 Å². The molecule has 1 rings (SSSR count). The van der Waals surface area contributed by atoms with E-state index in [4.69, 9.17) is 0 Å². The Morgan fingerprint density at radius 2 is 1.85 bits per heavy atom. The molecule has 114 valence electrons. The highest BCUT2D eigenvalue weighted by Crippen LogP contribution is 2.19. The molecule has 1 aromatic carbocycles. The fraction of sp³-hybridized carbons (Fsp3) is 0.647. The predicted molar refractivity (Wildman–Crippen MR) is 89.7 cm³/mol. The van der Waals surface area contributed by atoms with E-state index < -0.39 is 10.8 Å². The number of aryl methyl sites for hydroxylation is 2. The lowest BCUT2D eigenvalue weighted by Crippen LogP contribution is -2.27. The summed E-state index contributed by atoms with van der Waals surface area (Å²) in [6, 6.07) is 6.75. The number of rotatable bonds is 8. The zero-order chi connectivity index (χ0) is 15.1. The standard InChI is InChI=1S/C17H29NOS/c1-6-13(3)11-20(19)12-17(18-7-2)16-9-8-14(4)15(5)10-16/h8-10,13,17-18H,6-7,11-12H2,1-5H3. The second kappa shape index (κ2) is 8.58. The van der Waals surface area contributed by atoms with E-state index in [0.29, 0.717) is 11.7 Å². The fourth-order valence-corrected chi connectivity index (χ4v) is 3.88. The summed E-state index contributed by atoms with van der Waals surface area (Å²) >= 11 is 0. The van der Waals surface area contributed by atoms with E-state index >= 15 is 0 Å². The van der Waals surface area contributed by atoms with Gasteiger partial charge >= 0.3 is 0 Å². The van der Waals surface area contributed by atoms with Crippen LogP contribution in [0.5, 0.6) is 0 Å². The molecular weight excluding hydrogens is 266 g/mol. The van der Waals surface area contributed by atoms with Gasteiger partial charge in [0.2, 0.25) is 0 Å². The van der Waals surface area contributed by atoms with Gasteiger partial charge in [0.15, 0.2) is 0 Å². The van der Waals surface area contributed by atoms with Gasteiger partial charge < -0.3 is 5.32 Å². The van der Waals surface area contributed by atoms with Crippen LogP contribution in [0, 0.1) is 19.8 Å². The molecule has 3 atom stereocenters. The third-order valence-electron chi connectivity index (χ3n) is 3.90. The largest absolute Gasteiger partial charge is 0.309 e. The Kier molecular flexibility index (Phi) is 7.46. The SMILES string of the molecule is CCNC(CS(=O)CC(C)CC)c1ccc(C)c(C)c1. The highest BCUT2D eigenvalue weighted by atomic mass is 32.2. The van der Waals surface area contributed by atoms with Gasteiger partial charge in [0.05, 0.1) is 0 Å². The molecule has 0 saturated heterocycles. The molecule has 20 heavy (non-hydrogen) atoms. The molecule has 0 aliphatic rings. The maximum atomic E-state index is 12.3. The zero-order valence-corrected chi connectivity index (χ0v) is 14.3. The van der Waals surface area contributed by atoms with Gasteiger partial charge in [0.1, 0.15) is 0 Å². The molecular formula is C17H29NOS. The van der Waals surface area contributed by atoms with Crippen LogP contribution in [0.15, 0.2) is 18.2 Å². The third kappa shape index (κ3) is 5.37. The maximum Gasteiger partial charge on any atom is 0.0436 e. The molecule has 3 unspecified atom stereocenters. The van der Waals surface area contributed by atoms with E-state index in [1.807, 2.05) is 0 Å². The minimum absolute atomic E-state index is 0.198. The maximum absolute atomic E-state index is 12.3. The van der Waals surface area contributed by atoms with Crippen molar-refractivity contribution in [1.82, 2.24) is 5.32 Å². The van der Waals surface area contributed by atoms with Crippen LogP contribution in [0.1, 0.15) is 49.9 Å². The Morgan fingerprint density at radius 3 is 2.40 bits per heavy atom. The van der Waals surface area contributed by atoms with Crippen LogP contribution < -0.4 is 5.32 Å². The number of hydrogen-bond acceptors (Lipinski definition) is 2. The molecule has 0 aliphatic carbocycles. The van der Waals surface area contributed by atoms with Crippen LogP contribution in [0.4, 0.5) is 0 Å². The summed E-state index contributed by atoms with van der Waals surface area (Å²) in [5.41, 5.74) is 3.87. The van der Waals surface area contributed by atoms with Crippen molar-refractivity contribution in [2.45, 2.75) is 47.1 Å². The second-order valence-corrected chi connectivity index (χ2v) is 7.29. The van der Waals surface area contributed by atoms with Crippen LogP contribution in [0.25, 0.3) is 0 Å². The Labute approximate surface area is 126 Å². The van der Waals surface area contributed by atoms with E-state index in [1.54, 1.807) is 0 Å². The minimum Gasteiger partial charge on any atom is -0.309 e. The average Bonchev–Trinajstić information content (AvgIpc) is 2.41. The zero-order valence-electron chi connectivity index (χ0n) is 13.5. The van der Waals surface area contributed by atoms with Crippen molar-refractivity contribution in [3.63, 3.8) is 0 Å². The van der Waals surface area contributed by atoms with Gasteiger partial charge in [0, 0.05) is 28.3 Å². The van der Waals surface area contributed by atoms with E-state index in [2.05, 4.69) is 58.1 Å². The van der Waals surface area contributed by atoms with Crippen molar-refractivity contribution in [2.24, 2.45) is 5.92 Å². The number of nitrogens with one attached hydrogen (secondary N) is 1. The van der Waals surface area contributed by atoms with Crippen LogP contribution in [-0.4, -0.2) is 22.3 Å². The van der Waals surface area contributed by atoms with Crippen LogP contribution in [-0.2, 0) is 10.8 Å². The van der Waals surface area contributed by atoms with Crippen LogP contribution in [0.3, 0.4) is 0 Å². The lowest BCUT2D eigenvalue weighted by molar-refractivity contribution is 0.582. The summed E-state index contributed by atoms with van der Waals surface area (Å²) < 4.78 is 12.3. The molecule has 0 bridgehead atoms. The minimum atomic E-state index is -0.757. The predicted octanol–water partition coefficient (Wildman–Crippen LogP) is 3.75. The van der Waals surface area contributed by atoms with Gasteiger partial charge in [-0.2, -0.15) is 0 Å².